The smallest absolute Gasteiger partial charge is 0.251 e. The number of rotatable bonds is 4. The predicted octanol–water partition coefficient (Wildman–Crippen LogP) is 3.36. The number of aromatic nitrogens is 3. The molecule has 1 aromatic carbocycles. The van der Waals surface area contributed by atoms with E-state index in [2.05, 4.69) is 43.7 Å². The molecule has 3 atom stereocenters. The molecule has 0 aliphatic carbocycles. The van der Waals surface area contributed by atoms with Gasteiger partial charge in [-0.25, -0.2) is 9.97 Å². The molecule has 2 aromatic heterocycles. The molecule has 2 aliphatic heterocycles. The first-order valence-corrected chi connectivity index (χ1v) is 10.5. The number of pyridine rings is 1. The molecule has 0 radical (unpaired) electrons. The number of ether oxygens (including phenoxy) is 1. The maximum Gasteiger partial charge on any atom is 0.251 e. The van der Waals surface area contributed by atoms with Crippen LogP contribution in [0.5, 0.6) is 5.75 Å². The van der Waals surface area contributed by atoms with Crippen LogP contribution in [0.15, 0.2) is 59.7 Å². The van der Waals surface area contributed by atoms with Crippen LogP contribution in [0, 0.1) is 12.8 Å². The number of aryl methyl sites for hydroxylation is 1. The van der Waals surface area contributed by atoms with E-state index >= 15 is 0 Å². The highest BCUT2D eigenvalue weighted by molar-refractivity contribution is 5.41. The van der Waals surface area contributed by atoms with Gasteiger partial charge in [0.25, 0.3) is 5.56 Å². The summed E-state index contributed by atoms with van der Waals surface area (Å²) in [7, 11) is 1.69. The SMILES string of the molecule is COc1cccc(C[C@H]2[C@H]3C[C@H](CN(c4cc(C)ncn4)C3)c3cccc(=O)n32)c1. The number of fused-ring (bicyclic) bond motifs is 4. The lowest BCUT2D eigenvalue weighted by Crippen LogP contribution is -2.50. The van der Waals surface area contributed by atoms with Crippen LogP contribution < -0.4 is 15.2 Å². The Morgan fingerprint density at radius 1 is 1.10 bits per heavy atom. The molecule has 30 heavy (non-hydrogen) atoms. The summed E-state index contributed by atoms with van der Waals surface area (Å²) in [5, 5.41) is 0. The molecule has 0 amide bonds. The van der Waals surface area contributed by atoms with Gasteiger partial charge >= 0.3 is 0 Å². The van der Waals surface area contributed by atoms with Crippen LogP contribution in [0.25, 0.3) is 0 Å². The van der Waals surface area contributed by atoms with Crippen molar-refractivity contribution >= 4 is 5.82 Å². The molecule has 1 saturated heterocycles. The van der Waals surface area contributed by atoms with Crippen molar-refractivity contribution < 1.29 is 4.74 Å². The zero-order valence-corrected chi connectivity index (χ0v) is 17.4. The Hall–Kier alpha value is -3.15. The second-order valence-corrected chi connectivity index (χ2v) is 8.40. The maximum absolute atomic E-state index is 12.9. The molecule has 1 fully saturated rings. The van der Waals surface area contributed by atoms with Crippen molar-refractivity contribution in [3.8, 4) is 5.75 Å². The average molecular weight is 402 g/mol. The van der Waals surface area contributed by atoms with E-state index in [-0.39, 0.29) is 11.6 Å². The third kappa shape index (κ3) is 3.36. The van der Waals surface area contributed by atoms with E-state index in [1.165, 1.54) is 5.56 Å². The van der Waals surface area contributed by atoms with Gasteiger partial charge in [0.05, 0.1) is 7.11 Å². The number of benzene rings is 1. The molecule has 4 heterocycles. The first-order valence-electron chi connectivity index (χ1n) is 10.5. The van der Waals surface area contributed by atoms with E-state index < -0.39 is 0 Å². The average Bonchev–Trinajstić information content (AvgIpc) is 2.77. The lowest BCUT2D eigenvalue weighted by Gasteiger charge is -2.47. The summed E-state index contributed by atoms with van der Waals surface area (Å²) in [6.07, 6.45) is 3.54. The largest absolute Gasteiger partial charge is 0.497 e. The van der Waals surface area contributed by atoms with Gasteiger partial charge in [-0.1, -0.05) is 18.2 Å². The maximum atomic E-state index is 12.9. The Balaban J connectivity index is 1.54. The van der Waals surface area contributed by atoms with E-state index in [0.717, 1.165) is 48.9 Å². The van der Waals surface area contributed by atoms with Crippen LogP contribution in [0.1, 0.15) is 35.3 Å². The van der Waals surface area contributed by atoms with Crippen molar-refractivity contribution in [1.29, 1.82) is 0 Å². The van der Waals surface area contributed by atoms with E-state index in [1.54, 1.807) is 19.5 Å². The summed E-state index contributed by atoms with van der Waals surface area (Å²) < 4.78 is 7.47. The Labute approximate surface area is 176 Å². The van der Waals surface area contributed by atoms with Crippen LogP contribution in [-0.4, -0.2) is 34.7 Å². The molecular formula is C24H26N4O2. The molecule has 0 spiro atoms. The van der Waals surface area contributed by atoms with Gasteiger partial charge in [0.1, 0.15) is 17.9 Å². The summed E-state index contributed by atoms with van der Waals surface area (Å²) in [4.78, 5) is 24.1. The highest BCUT2D eigenvalue weighted by atomic mass is 16.5. The Bertz CT molecular complexity index is 1130. The fourth-order valence-corrected chi connectivity index (χ4v) is 5.15. The van der Waals surface area contributed by atoms with Crippen molar-refractivity contribution in [3.05, 3.63) is 82.2 Å². The van der Waals surface area contributed by atoms with E-state index in [9.17, 15) is 4.79 Å². The normalized spacial score (nSPS) is 22.5. The standard InChI is InChI=1S/C24H26N4O2/c1-16-9-23(26-15-25-16)27-13-18-12-19(14-27)22(28-21(18)7-4-8-24(28)29)11-17-5-3-6-20(10-17)30-2/h3-10,15,18-19,22H,11-14H2,1-2H3/t18-,19+,22+/m1/s1. The quantitative estimate of drug-likeness (QED) is 0.670. The Kier molecular flexibility index (Phi) is 4.77. The lowest BCUT2D eigenvalue weighted by atomic mass is 9.76. The minimum absolute atomic E-state index is 0.0985. The minimum Gasteiger partial charge on any atom is -0.497 e. The number of hydrogen-bond donors (Lipinski definition) is 0. The number of nitrogens with zero attached hydrogens (tertiary/aromatic N) is 4. The molecule has 3 aromatic rings. The molecule has 0 N–H and O–H groups in total. The van der Waals surface area contributed by atoms with Gasteiger partial charge in [0.2, 0.25) is 0 Å². The molecule has 154 valence electrons. The number of piperidine rings is 1. The van der Waals surface area contributed by atoms with Gasteiger partial charge in [-0.05, 0) is 49.4 Å². The zero-order valence-electron chi connectivity index (χ0n) is 17.4. The van der Waals surface area contributed by atoms with Crippen molar-refractivity contribution in [2.45, 2.75) is 31.7 Å². The number of methoxy groups -OCH3 is 1. The van der Waals surface area contributed by atoms with Crippen molar-refractivity contribution in [2.75, 3.05) is 25.1 Å². The summed E-state index contributed by atoms with van der Waals surface area (Å²) in [5.74, 6) is 2.53. The molecule has 6 heteroatoms. The van der Waals surface area contributed by atoms with E-state index in [1.807, 2.05) is 25.1 Å². The highest BCUT2D eigenvalue weighted by Crippen LogP contribution is 2.43. The van der Waals surface area contributed by atoms with Crippen LogP contribution in [0.2, 0.25) is 0 Å². The fourth-order valence-electron chi connectivity index (χ4n) is 5.15. The van der Waals surface area contributed by atoms with E-state index in [0.29, 0.717) is 11.8 Å². The van der Waals surface area contributed by atoms with Crippen LogP contribution in [0.4, 0.5) is 5.82 Å². The summed E-state index contributed by atoms with van der Waals surface area (Å²) in [6.45, 7) is 3.76. The monoisotopic (exact) mass is 402 g/mol. The predicted molar refractivity (Wildman–Crippen MR) is 116 cm³/mol. The number of hydrogen-bond acceptors (Lipinski definition) is 5. The third-order valence-electron chi connectivity index (χ3n) is 6.49. The second kappa shape index (κ2) is 7.59. The van der Waals surface area contributed by atoms with Gasteiger partial charge < -0.3 is 14.2 Å². The molecular weight excluding hydrogens is 376 g/mol. The van der Waals surface area contributed by atoms with Crippen molar-refractivity contribution in [2.24, 2.45) is 5.92 Å². The zero-order chi connectivity index (χ0) is 20.7. The van der Waals surface area contributed by atoms with Gasteiger partial charge in [-0.15, -0.1) is 0 Å². The minimum atomic E-state index is 0.0985. The highest BCUT2D eigenvalue weighted by Gasteiger charge is 2.40. The molecule has 0 saturated carbocycles. The molecule has 6 nitrogen and oxygen atoms in total. The number of anilines is 1. The van der Waals surface area contributed by atoms with Crippen molar-refractivity contribution in [3.63, 3.8) is 0 Å². The van der Waals surface area contributed by atoms with Crippen LogP contribution >= 0.6 is 0 Å². The molecule has 2 aliphatic rings. The van der Waals surface area contributed by atoms with Gasteiger partial charge in [0, 0.05) is 48.6 Å². The van der Waals surface area contributed by atoms with E-state index in [4.69, 9.17) is 4.74 Å². The van der Waals surface area contributed by atoms with Crippen LogP contribution in [0.3, 0.4) is 0 Å². The summed E-state index contributed by atoms with van der Waals surface area (Å²) in [5.41, 5.74) is 3.40. The summed E-state index contributed by atoms with van der Waals surface area (Å²) in [6, 6.07) is 16.0. The Morgan fingerprint density at radius 3 is 2.80 bits per heavy atom. The first kappa shape index (κ1) is 18.9. The summed E-state index contributed by atoms with van der Waals surface area (Å²) >= 11 is 0. The Morgan fingerprint density at radius 2 is 1.97 bits per heavy atom. The van der Waals surface area contributed by atoms with Gasteiger partial charge in [-0.3, -0.25) is 4.79 Å². The van der Waals surface area contributed by atoms with Crippen LogP contribution in [-0.2, 0) is 6.42 Å². The second-order valence-electron chi connectivity index (χ2n) is 8.40. The molecule has 2 bridgehead atoms. The topological polar surface area (TPSA) is 60.2 Å². The van der Waals surface area contributed by atoms with Gasteiger partial charge in [0.15, 0.2) is 0 Å². The third-order valence-corrected chi connectivity index (χ3v) is 6.49. The molecule has 5 rings (SSSR count). The van der Waals surface area contributed by atoms with Crippen molar-refractivity contribution in [1.82, 2.24) is 14.5 Å². The van der Waals surface area contributed by atoms with Gasteiger partial charge in [-0.2, -0.15) is 0 Å². The first-order chi connectivity index (χ1) is 14.6. The molecule has 0 unspecified atom stereocenters. The fraction of sp³-hybridized carbons (Fsp3) is 0.375. The lowest BCUT2D eigenvalue weighted by molar-refractivity contribution is 0.211.